The van der Waals surface area contributed by atoms with E-state index < -0.39 is 0 Å². The van der Waals surface area contributed by atoms with Crippen LogP contribution < -0.4 is 14.8 Å². The summed E-state index contributed by atoms with van der Waals surface area (Å²) in [5.41, 5.74) is 1.28. The molecule has 1 fully saturated rings. The van der Waals surface area contributed by atoms with E-state index in [-0.39, 0.29) is 4.87 Å². The first-order valence-corrected chi connectivity index (χ1v) is 7.25. The fourth-order valence-corrected chi connectivity index (χ4v) is 3.48. The molecule has 1 atom stereocenters. The third kappa shape index (κ3) is 3.12. The molecule has 0 amide bonds. The summed E-state index contributed by atoms with van der Waals surface area (Å²) < 4.78 is 10.6. The van der Waals surface area contributed by atoms with Crippen molar-refractivity contribution in [3.05, 3.63) is 23.8 Å². The van der Waals surface area contributed by atoms with Gasteiger partial charge in [-0.25, -0.2) is 0 Å². The quantitative estimate of drug-likeness (QED) is 0.908. The Morgan fingerprint density at radius 2 is 2.06 bits per heavy atom. The number of benzene rings is 1. The summed E-state index contributed by atoms with van der Waals surface area (Å²) in [5, 5.41) is 3.60. The molecule has 0 aromatic heterocycles. The molecule has 0 radical (unpaired) electrons. The van der Waals surface area contributed by atoms with E-state index in [0.29, 0.717) is 0 Å². The van der Waals surface area contributed by atoms with Crippen molar-refractivity contribution in [3.8, 4) is 11.5 Å². The van der Waals surface area contributed by atoms with Gasteiger partial charge in [-0.05, 0) is 49.8 Å². The maximum Gasteiger partial charge on any atom is 0.160 e. The molecule has 0 spiro atoms. The van der Waals surface area contributed by atoms with Crippen LogP contribution in [0.2, 0.25) is 0 Å². The molecule has 3 nitrogen and oxygen atoms in total. The maximum absolute atomic E-state index is 5.35. The third-order valence-corrected chi connectivity index (χ3v) is 4.65. The van der Waals surface area contributed by atoms with Crippen molar-refractivity contribution < 1.29 is 9.47 Å². The number of hydrogen-bond donors (Lipinski definition) is 1. The Kier molecular flexibility index (Phi) is 4.40. The van der Waals surface area contributed by atoms with Gasteiger partial charge >= 0.3 is 0 Å². The van der Waals surface area contributed by atoms with Gasteiger partial charge in [-0.15, -0.1) is 11.8 Å². The van der Waals surface area contributed by atoms with Gasteiger partial charge < -0.3 is 14.8 Å². The molecule has 100 valence electrons. The Bertz CT molecular complexity index is 403. The average molecular weight is 267 g/mol. The number of thioether (sulfide) groups is 1. The molecule has 1 N–H and O–H groups in total. The van der Waals surface area contributed by atoms with E-state index in [0.717, 1.165) is 24.5 Å². The van der Waals surface area contributed by atoms with Gasteiger partial charge in [0.2, 0.25) is 0 Å². The predicted molar refractivity (Wildman–Crippen MR) is 76.7 cm³/mol. The van der Waals surface area contributed by atoms with E-state index >= 15 is 0 Å². The molecule has 18 heavy (non-hydrogen) atoms. The molecule has 1 saturated heterocycles. The van der Waals surface area contributed by atoms with Gasteiger partial charge in [0.05, 0.1) is 19.1 Å². The largest absolute Gasteiger partial charge is 0.493 e. The second-order valence-electron chi connectivity index (χ2n) is 4.73. The van der Waals surface area contributed by atoms with Crippen LogP contribution in [0.4, 0.5) is 0 Å². The van der Waals surface area contributed by atoms with Gasteiger partial charge in [0.25, 0.3) is 0 Å². The summed E-state index contributed by atoms with van der Waals surface area (Å²) in [4.78, 5) is 0.137. The Morgan fingerprint density at radius 3 is 2.67 bits per heavy atom. The van der Waals surface area contributed by atoms with Crippen LogP contribution in [0.15, 0.2) is 18.2 Å². The molecule has 4 heteroatoms. The Morgan fingerprint density at radius 1 is 1.28 bits per heavy atom. The first-order valence-electron chi connectivity index (χ1n) is 6.27. The van der Waals surface area contributed by atoms with E-state index in [2.05, 4.69) is 24.4 Å². The van der Waals surface area contributed by atoms with Crippen molar-refractivity contribution in [2.75, 3.05) is 26.5 Å². The minimum absolute atomic E-state index is 0.137. The standard InChI is InChI=1S/C14H21NO2S/c1-14(15-7-4-8-18-14)10-11-5-6-12(16-2)13(9-11)17-3/h5-6,9,15H,4,7-8,10H2,1-3H3. The summed E-state index contributed by atoms with van der Waals surface area (Å²) >= 11 is 2.00. The fourth-order valence-electron chi connectivity index (χ4n) is 2.27. The van der Waals surface area contributed by atoms with Crippen LogP contribution in [-0.2, 0) is 6.42 Å². The van der Waals surface area contributed by atoms with Crippen LogP contribution in [0.5, 0.6) is 11.5 Å². The predicted octanol–water partition coefficient (Wildman–Crippen LogP) is 2.69. The maximum atomic E-state index is 5.35. The van der Waals surface area contributed by atoms with Crippen molar-refractivity contribution in [1.82, 2.24) is 5.32 Å². The molecule has 1 unspecified atom stereocenters. The summed E-state index contributed by atoms with van der Waals surface area (Å²) in [6, 6.07) is 6.16. The van der Waals surface area contributed by atoms with Crippen molar-refractivity contribution >= 4 is 11.8 Å². The molecule has 0 bridgehead atoms. The fraction of sp³-hybridized carbons (Fsp3) is 0.571. The molecule has 1 aromatic rings. The Hall–Kier alpha value is -0.870. The summed E-state index contributed by atoms with van der Waals surface area (Å²) in [6.07, 6.45) is 2.25. The van der Waals surface area contributed by atoms with Crippen LogP contribution in [0.25, 0.3) is 0 Å². The van der Waals surface area contributed by atoms with Crippen molar-refractivity contribution in [1.29, 1.82) is 0 Å². The molecule has 2 rings (SSSR count). The minimum Gasteiger partial charge on any atom is -0.493 e. The van der Waals surface area contributed by atoms with Crippen molar-refractivity contribution in [3.63, 3.8) is 0 Å². The topological polar surface area (TPSA) is 30.5 Å². The second-order valence-corrected chi connectivity index (χ2v) is 6.32. The highest BCUT2D eigenvalue weighted by Gasteiger charge is 2.27. The lowest BCUT2D eigenvalue weighted by Crippen LogP contribution is -2.45. The van der Waals surface area contributed by atoms with Crippen molar-refractivity contribution in [2.45, 2.75) is 24.6 Å². The molecule has 1 aliphatic rings. The molecule has 1 aromatic carbocycles. The number of ether oxygens (including phenoxy) is 2. The lowest BCUT2D eigenvalue weighted by atomic mass is 10.1. The van der Waals surface area contributed by atoms with Crippen molar-refractivity contribution in [2.24, 2.45) is 0 Å². The number of nitrogens with one attached hydrogen (secondary N) is 1. The van der Waals surface area contributed by atoms with E-state index in [9.17, 15) is 0 Å². The second kappa shape index (κ2) is 5.85. The van der Waals surface area contributed by atoms with Crippen LogP contribution in [0.3, 0.4) is 0 Å². The van der Waals surface area contributed by atoms with E-state index in [4.69, 9.17) is 9.47 Å². The average Bonchev–Trinajstić information content (AvgIpc) is 2.39. The van der Waals surface area contributed by atoms with E-state index in [1.807, 2.05) is 17.8 Å². The lowest BCUT2D eigenvalue weighted by molar-refractivity contribution is 0.354. The Labute approximate surface area is 113 Å². The highest BCUT2D eigenvalue weighted by atomic mass is 32.2. The van der Waals surface area contributed by atoms with E-state index in [1.165, 1.54) is 17.7 Å². The summed E-state index contributed by atoms with van der Waals surface area (Å²) in [5.74, 6) is 2.83. The smallest absolute Gasteiger partial charge is 0.160 e. The van der Waals surface area contributed by atoms with Crippen LogP contribution in [-0.4, -0.2) is 31.4 Å². The molecule has 0 aliphatic carbocycles. The molecular formula is C14H21NO2S. The van der Waals surface area contributed by atoms with Gasteiger partial charge in [-0.1, -0.05) is 6.07 Å². The Balaban J connectivity index is 2.13. The number of methoxy groups -OCH3 is 2. The zero-order valence-electron chi connectivity index (χ0n) is 11.3. The van der Waals surface area contributed by atoms with Gasteiger partial charge in [-0.3, -0.25) is 0 Å². The SMILES string of the molecule is COc1ccc(CC2(C)NCCCS2)cc1OC. The van der Waals surface area contributed by atoms with Gasteiger partial charge in [0.15, 0.2) is 11.5 Å². The van der Waals surface area contributed by atoms with Gasteiger partial charge in [0.1, 0.15) is 0 Å². The molecule has 1 aliphatic heterocycles. The zero-order chi connectivity index (χ0) is 13.0. The summed E-state index contributed by atoms with van der Waals surface area (Å²) in [6.45, 7) is 3.38. The third-order valence-electron chi connectivity index (χ3n) is 3.23. The summed E-state index contributed by atoms with van der Waals surface area (Å²) in [7, 11) is 3.34. The van der Waals surface area contributed by atoms with Gasteiger partial charge in [-0.2, -0.15) is 0 Å². The normalized spacial score (nSPS) is 23.7. The molecule has 1 heterocycles. The lowest BCUT2D eigenvalue weighted by Gasteiger charge is -2.34. The van der Waals surface area contributed by atoms with Crippen LogP contribution in [0, 0.1) is 0 Å². The van der Waals surface area contributed by atoms with Crippen LogP contribution in [0.1, 0.15) is 18.9 Å². The molecular weight excluding hydrogens is 246 g/mol. The van der Waals surface area contributed by atoms with Gasteiger partial charge in [0, 0.05) is 0 Å². The highest BCUT2D eigenvalue weighted by molar-refractivity contribution is 8.00. The number of rotatable bonds is 4. The first-order chi connectivity index (χ1) is 8.67. The van der Waals surface area contributed by atoms with E-state index in [1.54, 1.807) is 14.2 Å². The number of hydrogen-bond acceptors (Lipinski definition) is 4. The molecule has 0 saturated carbocycles. The van der Waals surface area contributed by atoms with Crippen LogP contribution >= 0.6 is 11.8 Å². The monoisotopic (exact) mass is 267 g/mol. The zero-order valence-corrected chi connectivity index (χ0v) is 12.1. The highest BCUT2D eigenvalue weighted by Crippen LogP contribution is 2.33. The first kappa shape index (κ1) is 13.6. The minimum atomic E-state index is 0.137.